The lowest BCUT2D eigenvalue weighted by molar-refractivity contribution is -0.145. The minimum absolute atomic E-state index is 0.0186. The SMILES string of the molecule is CC12C=CC(C)(O1)C13C(=O)N(CCO)C(=O)C1C23. The predicted molar refractivity (Wildman–Crippen MR) is 60.3 cm³/mol. The van der Waals surface area contributed by atoms with E-state index in [0.29, 0.717) is 0 Å². The van der Waals surface area contributed by atoms with Crippen molar-refractivity contribution in [3.05, 3.63) is 12.2 Å². The summed E-state index contributed by atoms with van der Waals surface area (Å²) < 4.78 is 5.99. The van der Waals surface area contributed by atoms with Gasteiger partial charge in [-0.25, -0.2) is 0 Å². The molecule has 3 heterocycles. The van der Waals surface area contributed by atoms with Crippen molar-refractivity contribution in [1.82, 2.24) is 4.90 Å². The molecular weight excluding hydrogens is 234 g/mol. The highest BCUT2D eigenvalue weighted by atomic mass is 16.5. The second-order valence-corrected chi connectivity index (χ2v) is 6.07. The number of ether oxygens (including phenoxy) is 1. The molecule has 2 amide bonds. The summed E-state index contributed by atoms with van der Waals surface area (Å²) in [6, 6.07) is 0. The van der Waals surface area contributed by atoms with Gasteiger partial charge in [-0.15, -0.1) is 0 Å². The van der Waals surface area contributed by atoms with Crippen LogP contribution in [0.2, 0.25) is 0 Å². The van der Waals surface area contributed by atoms with E-state index in [1.807, 2.05) is 26.0 Å². The van der Waals surface area contributed by atoms with Crippen LogP contribution in [0.25, 0.3) is 0 Å². The van der Waals surface area contributed by atoms with E-state index in [1.54, 1.807) is 0 Å². The number of hydrogen-bond acceptors (Lipinski definition) is 4. The van der Waals surface area contributed by atoms with Crippen LogP contribution in [0.5, 0.6) is 0 Å². The molecule has 3 aliphatic heterocycles. The Bertz CT molecular complexity index is 529. The molecule has 0 aromatic carbocycles. The number of aliphatic hydroxyl groups is 1. The zero-order valence-electron chi connectivity index (χ0n) is 10.3. The van der Waals surface area contributed by atoms with Crippen molar-refractivity contribution in [2.75, 3.05) is 13.2 Å². The fraction of sp³-hybridized carbons (Fsp3) is 0.692. The van der Waals surface area contributed by atoms with E-state index in [2.05, 4.69) is 0 Å². The van der Waals surface area contributed by atoms with Crippen LogP contribution in [-0.2, 0) is 14.3 Å². The van der Waals surface area contributed by atoms with E-state index in [4.69, 9.17) is 9.84 Å². The number of β-amino-alcohol motifs (C(OH)–C–C–N with tert-alkyl or cyclic N) is 1. The number of aliphatic hydroxyl groups excluding tert-OH is 1. The van der Waals surface area contributed by atoms with Crippen LogP contribution in [0.15, 0.2) is 12.2 Å². The number of nitrogens with zero attached hydrogens (tertiary/aromatic N) is 1. The van der Waals surface area contributed by atoms with Crippen LogP contribution >= 0.6 is 0 Å². The van der Waals surface area contributed by atoms with Crippen molar-refractivity contribution in [1.29, 1.82) is 0 Å². The monoisotopic (exact) mass is 249 g/mol. The van der Waals surface area contributed by atoms with E-state index in [1.165, 1.54) is 4.90 Å². The Balaban J connectivity index is 1.83. The maximum Gasteiger partial charge on any atom is 0.239 e. The third kappa shape index (κ3) is 0.738. The van der Waals surface area contributed by atoms with Crippen LogP contribution in [0, 0.1) is 17.3 Å². The summed E-state index contributed by atoms with van der Waals surface area (Å²) in [5.41, 5.74) is -1.83. The Morgan fingerprint density at radius 3 is 2.78 bits per heavy atom. The highest BCUT2D eigenvalue weighted by molar-refractivity contribution is 6.14. The standard InChI is InChI=1S/C13H15NO4/c1-11-3-4-12(2,18-11)13-7(8(11)13)9(16)14(5-6-15)10(13)17/h3-4,7-8,15H,5-6H2,1-2H3. The van der Waals surface area contributed by atoms with Gasteiger partial charge >= 0.3 is 0 Å². The van der Waals surface area contributed by atoms with E-state index in [0.717, 1.165) is 0 Å². The summed E-state index contributed by atoms with van der Waals surface area (Å²) in [4.78, 5) is 26.0. The molecule has 0 aromatic rings. The Hall–Kier alpha value is -1.20. The predicted octanol–water partition coefficient (Wildman–Crippen LogP) is -0.303. The normalized spacial score (nSPS) is 55.2. The molecular formula is C13H15NO4. The van der Waals surface area contributed by atoms with E-state index in [9.17, 15) is 9.59 Å². The molecule has 5 heteroatoms. The highest BCUT2D eigenvalue weighted by Crippen LogP contribution is 2.81. The number of carbonyl (C=O) groups excluding carboxylic acids is 2. The topological polar surface area (TPSA) is 66.8 Å². The minimum atomic E-state index is -0.692. The quantitative estimate of drug-likeness (QED) is 0.539. The van der Waals surface area contributed by atoms with Gasteiger partial charge in [0.05, 0.1) is 24.7 Å². The zero-order chi connectivity index (χ0) is 12.9. The summed E-state index contributed by atoms with van der Waals surface area (Å²) in [7, 11) is 0. The first-order valence-corrected chi connectivity index (χ1v) is 6.29. The van der Waals surface area contributed by atoms with Crippen LogP contribution in [0.1, 0.15) is 13.8 Å². The summed E-state index contributed by atoms with van der Waals surface area (Å²) in [5, 5.41) is 8.96. The van der Waals surface area contributed by atoms with Crippen molar-refractivity contribution >= 4 is 11.8 Å². The zero-order valence-corrected chi connectivity index (χ0v) is 10.3. The summed E-state index contributed by atoms with van der Waals surface area (Å²) >= 11 is 0. The second-order valence-electron chi connectivity index (χ2n) is 6.07. The van der Waals surface area contributed by atoms with Crippen LogP contribution in [0.3, 0.4) is 0 Å². The minimum Gasteiger partial charge on any atom is -0.395 e. The Morgan fingerprint density at radius 1 is 1.39 bits per heavy atom. The molecule has 3 fully saturated rings. The number of carbonyl (C=O) groups is 2. The van der Waals surface area contributed by atoms with E-state index < -0.39 is 16.6 Å². The lowest BCUT2D eigenvalue weighted by atomic mass is 9.79. The molecule has 2 bridgehead atoms. The Labute approximate surface area is 104 Å². The average Bonchev–Trinajstić information content (AvgIpc) is 2.82. The third-order valence-electron chi connectivity index (χ3n) is 5.26. The van der Waals surface area contributed by atoms with Gasteiger partial charge in [0.2, 0.25) is 11.8 Å². The van der Waals surface area contributed by atoms with Gasteiger partial charge in [0, 0.05) is 5.92 Å². The van der Waals surface area contributed by atoms with Crippen molar-refractivity contribution in [3.63, 3.8) is 0 Å². The van der Waals surface area contributed by atoms with Crippen LogP contribution < -0.4 is 0 Å². The highest BCUT2D eigenvalue weighted by Gasteiger charge is 2.93. The molecule has 96 valence electrons. The lowest BCUT2D eigenvalue weighted by Crippen LogP contribution is -2.44. The van der Waals surface area contributed by atoms with Gasteiger partial charge in [0.25, 0.3) is 0 Å². The summed E-state index contributed by atoms with van der Waals surface area (Å²) in [6.07, 6.45) is 3.91. The first-order chi connectivity index (χ1) is 8.42. The number of likely N-dealkylation sites (tertiary alicyclic amines) is 1. The molecule has 1 N–H and O–H groups in total. The van der Waals surface area contributed by atoms with E-state index in [-0.39, 0.29) is 36.8 Å². The summed E-state index contributed by atoms with van der Waals surface area (Å²) in [6.45, 7) is 3.75. The van der Waals surface area contributed by atoms with Gasteiger partial charge in [-0.3, -0.25) is 14.5 Å². The van der Waals surface area contributed by atoms with Gasteiger partial charge in [0.1, 0.15) is 11.0 Å². The molecule has 4 rings (SSSR count). The lowest BCUT2D eigenvalue weighted by Gasteiger charge is -2.28. The van der Waals surface area contributed by atoms with Gasteiger partial charge < -0.3 is 9.84 Å². The molecule has 0 radical (unpaired) electrons. The Morgan fingerprint density at radius 2 is 2.11 bits per heavy atom. The maximum absolute atomic E-state index is 12.6. The third-order valence-corrected chi connectivity index (χ3v) is 5.26. The average molecular weight is 249 g/mol. The van der Waals surface area contributed by atoms with Crippen molar-refractivity contribution in [2.45, 2.75) is 25.0 Å². The molecule has 0 aromatic heterocycles. The van der Waals surface area contributed by atoms with Crippen LogP contribution in [-0.4, -0.2) is 46.2 Å². The number of hydrogen-bond donors (Lipinski definition) is 1. The number of rotatable bonds is 2. The molecule has 5 nitrogen and oxygen atoms in total. The van der Waals surface area contributed by atoms with Crippen molar-refractivity contribution in [2.24, 2.45) is 17.3 Å². The molecule has 5 unspecified atom stereocenters. The van der Waals surface area contributed by atoms with Crippen LogP contribution in [0.4, 0.5) is 0 Å². The van der Waals surface area contributed by atoms with E-state index >= 15 is 0 Å². The fourth-order valence-electron chi connectivity index (χ4n) is 4.65. The molecule has 1 aliphatic carbocycles. The van der Waals surface area contributed by atoms with Crippen molar-refractivity contribution < 1.29 is 19.4 Å². The van der Waals surface area contributed by atoms with Gasteiger partial charge in [0.15, 0.2) is 0 Å². The number of amides is 2. The first kappa shape index (κ1) is 10.7. The molecule has 18 heavy (non-hydrogen) atoms. The fourth-order valence-corrected chi connectivity index (χ4v) is 4.65. The largest absolute Gasteiger partial charge is 0.395 e. The molecule has 1 saturated carbocycles. The summed E-state index contributed by atoms with van der Waals surface area (Å²) in [5.74, 6) is -0.569. The van der Waals surface area contributed by atoms with Gasteiger partial charge in [-0.05, 0) is 13.8 Å². The van der Waals surface area contributed by atoms with Gasteiger partial charge in [-0.2, -0.15) is 0 Å². The molecule has 5 atom stereocenters. The first-order valence-electron chi connectivity index (χ1n) is 6.29. The number of piperidine rings is 1. The number of imide groups is 1. The molecule has 1 spiro atoms. The number of fused-ring (bicyclic) bond motifs is 4. The second kappa shape index (κ2) is 2.56. The Kier molecular flexibility index (Phi) is 1.52. The van der Waals surface area contributed by atoms with Gasteiger partial charge in [-0.1, -0.05) is 12.2 Å². The molecule has 4 aliphatic rings. The smallest absolute Gasteiger partial charge is 0.239 e. The van der Waals surface area contributed by atoms with Crippen molar-refractivity contribution in [3.8, 4) is 0 Å². The molecule has 2 saturated heterocycles. The maximum atomic E-state index is 12.6.